The van der Waals surface area contributed by atoms with Gasteiger partial charge in [-0.2, -0.15) is 0 Å². The molecule has 0 atom stereocenters. The van der Waals surface area contributed by atoms with Gasteiger partial charge in [-0.3, -0.25) is 0 Å². The van der Waals surface area contributed by atoms with E-state index in [-0.39, 0.29) is 0 Å². The first-order valence-corrected chi connectivity index (χ1v) is 6.47. The lowest BCUT2D eigenvalue weighted by Gasteiger charge is -2.10. The first-order valence-electron chi connectivity index (χ1n) is 6.47. The number of hydrogen-bond acceptors (Lipinski definition) is 4. The number of nitrogens with one attached hydrogen (secondary N) is 1. The van der Waals surface area contributed by atoms with Crippen LogP contribution in [0.5, 0.6) is 0 Å². The lowest BCUT2D eigenvalue weighted by Crippen LogP contribution is -2.07. The van der Waals surface area contributed by atoms with Crippen LogP contribution in [-0.2, 0) is 17.9 Å². The fourth-order valence-electron chi connectivity index (χ4n) is 1.79. The topological polar surface area (TPSA) is 47.0 Å². The molecule has 2 rings (SSSR count). The summed E-state index contributed by atoms with van der Waals surface area (Å²) >= 11 is 0. The van der Waals surface area contributed by atoms with Crippen molar-refractivity contribution in [1.29, 1.82) is 0 Å². The highest BCUT2D eigenvalue weighted by Crippen LogP contribution is 2.12. The number of aromatic nitrogens is 2. The summed E-state index contributed by atoms with van der Waals surface area (Å²) in [4.78, 5) is 8.52. The molecule has 0 aliphatic heterocycles. The van der Waals surface area contributed by atoms with Gasteiger partial charge in [0, 0.05) is 25.0 Å². The van der Waals surface area contributed by atoms with Crippen molar-refractivity contribution in [2.24, 2.45) is 0 Å². The van der Waals surface area contributed by atoms with Crippen LogP contribution in [0.3, 0.4) is 0 Å². The Morgan fingerprint density at radius 2 is 1.95 bits per heavy atom. The molecule has 0 amide bonds. The van der Waals surface area contributed by atoms with Crippen molar-refractivity contribution >= 4 is 5.95 Å². The minimum atomic E-state index is 0.642. The van der Waals surface area contributed by atoms with Crippen molar-refractivity contribution in [2.75, 3.05) is 11.9 Å². The van der Waals surface area contributed by atoms with E-state index >= 15 is 0 Å². The zero-order chi connectivity index (χ0) is 13.5. The third-order valence-electron chi connectivity index (χ3n) is 2.81. The number of rotatable bonds is 6. The Morgan fingerprint density at radius 1 is 1.16 bits per heavy atom. The van der Waals surface area contributed by atoms with Gasteiger partial charge in [0.25, 0.3) is 0 Å². The fourth-order valence-corrected chi connectivity index (χ4v) is 1.79. The van der Waals surface area contributed by atoms with Crippen LogP contribution >= 0.6 is 0 Å². The molecule has 19 heavy (non-hydrogen) atoms. The molecular formula is C15H19N3O. The molecule has 4 nitrogen and oxygen atoms in total. The fraction of sp³-hybridized carbons (Fsp3) is 0.333. The Hall–Kier alpha value is -1.94. The minimum absolute atomic E-state index is 0.642. The van der Waals surface area contributed by atoms with Gasteiger partial charge in [-0.1, -0.05) is 24.3 Å². The number of ether oxygens (including phenoxy) is 1. The average molecular weight is 257 g/mol. The zero-order valence-corrected chi connectivity index (χ0v) is 11.4. The number of anilines is 1. The molecule has 0 aliphatic carbocycles. The quantitative estimate of drug-likeness (QED) is 0.864. The molecule has 0 fully saturated rings. The monoisotopic (exact) mass is 257 g/mol. The maximum absolute atomic E-state index is 5.47. The van der Waals surface area contributed by atoms with Gasteiger partial charge in [0.2, 0.25) is 5.95 Å². The first-order chi connectivity index (χ1) is 9.29. The highest BCUT2D eigenvalue weighted by atomic mass is 16.5. The molecule has 100 valence electrons. The number of aryl methyl sites for hydroxylation is 1. The van der Waals surface area contributed by atoms with E-state index in [0.29, 0.717) is 19.1 Å². The Bertz CT molecular complexity index is 528. The highest BCUT2D eigenvalue weighted by molar-refractivity contribution is 5.32. The summed E-state index contributed by atoms with van der Waals surface area (Å²) < 4.78 is 5.47. The van der Waals surface area contributed by atoms with Crippen LogP contribution in [0, 0.1) is 6.92 Å². The number of hydrogen-bond donors (Lipinski definition) is 1. The van der Waals surface area contributed by atoms with E-state index in [1.807, 2.05) is 32.0 Å². The van der Waals surface area contributed by atoms with Crippen LogP contribution in [0.15, 0.2) is 36.5 Å². The molecule has 0 radical (unpaired) electrons. The van der Waals surface area contributed by atoms with Crippen LogP contribution in [0.2, 0.25) is 0 Å². The molecule has 0 aliphatic rings. The highest BCUT2D eigenvalue weighted by Gasteiger charge is 2.02. The van der Waals surface area contributed by atoms with Crippen molar-refractivity contribution in [3.63, 3.8) is 0 Å². The van der Waals surface area contributed by atoms with Crippen molar-refractivity contribution < 1.29 is 4.74 Å². The van der Waals surface area contributed by atoms with E-state index in [9.17, 15) is 0 Å². The van der Waals surface area contributed by atoms with Crippen molar-refractivity contribution in [2.45, 2.75) is 27.0 Å². The lowest BCUT2D eigenvalue weighted by atomic mass is 10.1. The molecule has 1 aromatic heterocycles. The predicted octanol–water partition coefficient (Wildman–Crippen LogP) is 2.93. The van der Waals surface area contributed by atoms with Gasteiger partial charge in [0.15, 0.2) is 0 Å². The van der Waals surface area contributed by atoms with Crippen molar-refractivity contribution in [1.82, 2.24) is 9.97 Å². The molecule has 1 heterocycles. The Morgan fingerprint density at radius 3 is 2.68 bits per heavy atom. The van der Waals surface area contributed by atoms with E-state index in [2.05, 4.69) is 27.4 Å². The van der Waals surface area contributed by atoms with Crippen LogP contribution in [-0.4, -0.2) is 16.6 Å². The first kappa shape index (κ1) is 13.5. The minimum Gasteiger partial charge on any atom is -0.377 e. The van der Waals surface area contributed by atoms with E-state index in [1.165, 1.54) is 11.1 Å². The second-order valence-electron chi connectivity index (χ2n) is 4.28. The summed E-state index contributed by atoms with van der Waals surface area (Å²) in [5.41, 5.74) is 3.37. The summed E-state index contributed by atoms with van der Waals surface area (Å²) in [6.45, 7) is 6.02. The van der Waals surface area contributed by atoms with E-state index < -0.39 is 0 Å². The normalized spacial score (nSPS) is 10.4. The smallest absolute Gasteiger partial charge is 0.223 e. The van der Waals surface area contributed by atoms with Crippen LogP contribution in [0.4, 0.5) is 5.95 Å². The molecule has 0 spiro atoms. The standard InChI is InChI=1S/C15H19N3O/c1-3-19-11-14-7-5-4-6-13(14)10-17-15-16-9-8-12(2)18-15/h4-9H,3,10-11H2,1-2H3,(H,16,17,18). The Balaban J connectivity index is 2.02. The molecule has 0 unspecified atom stereocenters. The number of benzene rings is 1. The Labute approximate surface area is 113 Å². The van der Waals surface area contributed by atoms with Crippen molar-refractivity contribution in [3.8, 4) is 0 Å². The SMILES string of the molecule is CCOCc1ccccc1CNc1nccc(C)n1. The number of nitrogens with zero attached hydrogens (tertiary/aromatic N) is 2. The van der Waals surface area contributed by atoms with Crippen LogP contribution in [0.25, 0.3) is 0 Å². The summed E-state index contributed by atoms with van der Waals surface area (Å²) in [6.07, 6.45) is 1.76. The van der Waals surface area contributed by atoms with Gasteiger partial charge in [-0.05, 0) is 31.0 Å². The van der Waals surface area contributed by atoms with Gasteiger partial charge in [0.05, 0.1) is 6.61 Å². The second kappa shape index (κ2) is 6.85. The summed E-state index contributed by atoms with van der Waals surface area (Å²) in [5, 5.41) is 3.24. The Kier molecular flexibility index (Phi) is 4.86. The van der Waals surface area contributed by atoms with Gasteiger partial charge >= 0.3 is 0 Å². The molecule has 0 bridgehead atoms. The van der Waals surface area contributed by atoms with Gasteiger partial charge < -0.3 is 10.1 Å². The summed E-state index contributed by atoms with van der Waals surface area (Å²) in [5.74, 6) is 0.659. The third kappa shape index (κ3) is 4.03. The molecule has 4 heteroatoms. The summed E-state index contributed by atoms with van der Waals surface area (Å²) in [7, 11) is 0. The molecule has 0 saturated heterocycles. The zero-order valence-electron chi connectivity index (χ0n) is 11.4. The molecule has 2 aromatic rings. The maximum Gasteiger partial charge on any atom is 0.223 e. The van der Waals surface area contributed by atoms with Crippen LogP contribution in [0.1, 0.15) is 23.7 Å². The lowest BCUT2D eigenvalue weighted by molar-refractivity contribution is 0.133. The van der Waals surface area contributed by atoms with E-state index in [0.717, 1.165) is 12.3 Å². The molecule has 0 saturated carbocycles. The van der Waals surface area contributed by atoms with Gasteiger partial charge in [0.1, 0.15) is 0 Å². The molecule has 1 N–H and O–H groups in total. The van der Waals surface area contributed by atoms with Crippen molar-refractivity contribution in [3.05, 3.63) is 53.3 Å². The maximum atomic E-state index is 5.47. The molecular weight excluding hydrogens is 238 g/mol. The summed E-state index contributed by atoms with van der Waals surface area (Å²) in [6, 6.07) is 10.1. The van der Waals surface area contributed by atoms with E-state index in [1.54, 1.807) is 6.20 Å². The third-order valence-corrected chi connectivity index (χ3v) is 2.81. The largest absolute Gasteiger partial charge is 0.377 e. The van der Waals surface area contributed by atoms with E-state index in [4.69, 9.17) is 4.74 Å². The second-order valence-corrected chi connectivity index (χ2v) is 4.28. The van der Waals surface area contributed by atoms with Crippen LogP contribution < -0.4 is 5.32 Å². The van der Waals surface area contributed by atoms with Gasteiger partial charge in [-0.15, -0.1) is 0 Å². The van der Waals surface area contributed by atoms with Gasteiger partial charge in [-0.25, -0.2) is 9.97 Å². The average Bonchev–Trinajstić information content (AvgIpc) is 2.44. The predicted molar refractivity (Wildman–Crippen MR) is 75.9 cm³/mol. The molecule has 1 aromatic carbocycles.